The monoisotopic (exact) mass is 332 g/mol. The number of nitrogens with one attached hydrogen (secondary N) is 1. The maximum absolute atomic E-state index is 5.84. The van der Waals surface area contributed by atoms with Gasteiger partial charge in [-0.25, -0.2) is 4.98 Å². The Balaban J connectivity index is 1.70. The number of aromatic nitrogens is 1. The van der Waals surface area contributed by atoms with Crippen LogP contribution in [0.5, 0.6) is 11.6 Å². The average molecular weight is 333 g/mol. The van der Waals surface area contributed by atoms with Crippen LogP contribution in [-0.2, 0) is 6.54 Å². The maximum Gasteiger partial charge on any atom is 0.219 e. The van der Waals surface area contributed by atoms with Crippen molar-refractivity contribution >= 4 is 15.9 Å². The summed E-state index contributed by atoms with van der Waals surface area (Å²) in [7, 11) is 0. The molecule has 1 aliphatic carbocycles. The summed E-state index contributed by atoms with van der Waals surface area (Å²) >= 11 is 3.52. The zero-order valence-corrected chi connectivity index (χ0v) is 13.0. The smallest absolute Gasteiger partial charge is 0.219 e. The first-order valence-electron chi connectivity index (χ1n) is 6.84. The van der Waals surface area contributed by atoms with Crippen LogP contribution in [0.25, 0.3) is 0 Å². The number of benzene rings is 1. The summed E-state index contributed by atoms with van der Waals surface area (Å²) < 4.78 is 6.79. The molecule has 0 unspecified atom stereocenters. The minimum absolute atomic E-state index is 0.629. The van der Waals surface area contributed by atoms with Gasteiger partial charge >= 0.3 is 0 Å². The van der Waals surface area contributed by atoms with Crippen molar-refractivity contribution in [3.63, 3.8) is 0 Å². The van der Waals surface area contributed by atoms with Crippen LogP contribution in [0.3, 0.4) is 0 Å². The van der Waals surface area contributed by atoms with Crippen LogP contribution >= 0.6 is 15.9 Å². The molecule has 0 bridgehead atoms. The molecule has 1 aliphatic rings. The summed E-state index contributed by atoms with van der Waals surface area (Å²) in [4.78, 5) is 4.53. The summed E-state index contributed by atoms with van der Waals surface area (Å²) in [5, 5.41) is 3.46. The van der Waals surface area contributed by atoms with E-state index in [1.165, 1.54) is 18.4 Å². The average Bonchev–Trinajstić information content (AvgIpc) is 3.24. The number of hydrogen-bond acceptors (Lipinski definition) is 3. The number of rotatable bonds is 5. The lowest BCUT2D eigenvalue weighted by molar-refractivity contribution is 0.456. The number of halogens is 1. The number of pyridine rings is 1. The second-order valence-electron chi connectivity index (χ2n) is 5.16. The molecule has 0 saturated heterocycles. The first-order chi connectivity index (χ1) is 9.70. The number of ether oxygens (including phenoxy) is 1. The van der Waals surface area contributed by atoms with E-state index in [0.29, 0.717) is 11.9 Å². The Kier molecular flexibility index (Phi) is 4.03. The highest BCUT2D eigenvalue weighted by Crippen LogP contribution is 2.29. The SMILES string of the molecule is Cc1ccc(Oc2cccc(CNC3CC3)n2)c(Br)c1. The van der Waals surface area contributed by atoms with Crippen LogP contribution in [0.2, 0.25) is 0 Å². The third kappa shape index (κ3) is 3.58. The van der Waals surface area contributed by atoms with E-state index >= 15 is 0 Å². The third-order valence-electron chi connectivity index (χ3n) is 3.23. The van der Waals surface area contributed by atoms with E-state index in [-0.39, 0.29) is 0 Å². The van der Waals surface area contributed by atoms with Gasteiger partial charge in [-0.1, -0.05) is 12.1 Å². The zero-order valence-electron chi connectivity index (χ0n) is 11.4. The lowest BCUT2D eigenvalue weighted by Gasteiger charge is -2.09. The Morgan fingerprint density at radius 2 is 2.15 bits per heavy atom. The predicted octanol–water partition coefficient (Wildman–Crippen LogP) is 4.20. The second kappa shape index (κ2) is 5.94. The second-order valence-corrected chi connectivity index (χ2v) is 6.01. The molecule has 1 aromatic carbocycles. The largest absolute Gasteiger partial charge is 0.438 e. The van der Waals surface area contributed by atoms with Crippen molar-refractivity contribution in [3.05, 3.63) is 52.1 Å². The molecule has 0 amide bonds. The summed E-state index contributed by atoms with van der Waals surface area (Å²) in [6.45, 7) is 2.86. The van der Waals surface area contributed by atoms with Crippen LogP contribution in [0.4, 0.5) is 0 Å². The molecule has 1 heterocycles. The molecule has 2 aromatic rings. The molecule has 1 N–H and O–H groups in total. The van der Waals surface area contributed by atoms with E-state index in [9.17, 15) is 0 Å². The van der Waals surface area contributed by atoms with Gasteiger partial charge in [-0.15, -0.1) is 0 Å². The van der Waals surface area contributed by atoms with Crippen molar-refractivity contribution in [2.45, 2.75) is 32.4 Å². The van der Waals surface area contributed by atoms with Crippen LogP contribution in [0.15, 0.2) is 40.9 Å². The van der Waals surface area contributed by atoms with E-state index in [2.05, 4.69) is 33.2 Å². The van der Waals surface area contributed by atoms with Gasteiger partial charge in [0.1, 0.15) is 5.75 Å². The lowest BCUT2D eigenvalue weighted by atomic mass is 10.2. The molecule has 1 fully saturated rings. The molecule has 4 heteroatoms. The van der Waals surface area contributed by atoms with Crippen LogP contribution in [0.1, 0.15) is 24.1 Å². The van der Waals surface area contributed by atoms with Crippen molar-refractivity contribution in [2.24, 2.45) is 0 Å². The molecule has 1 saturated carbocycles. The topological polar surface area (TPSA) is 34.1 Å². The van der Waals surface area contributed by atoms with Gasteiger partial charge in [-0.2, -0.15) is 0 Å². The lowest BCUT2D eigenvalue weighted by Crippen LogP contribution is -2.16. The normalized spacial score (nSPS) is 14.3. The van der Waals surface area contributed by atoms with Gasteiger partial charge in [0.2, 0.25) is 5.88 Å². The van der Waals surface area contributed by atoms with E-state index in [0.717, 1.165) is 22.5 Å². The van der Waals surface area contributed by atoms with E-state index < -0.39 is 0 Å². The Morgan fingerprint density at radius 3 is 2.90 bits per heavy atom. The molecule has 104 valence electrons. The molecule has 0 spiro atoms. The summed E-state index contributed by atoms with van der Waals surface area (Å²) in [5.74, 6) is 1.42. The fourth-order valence-electron chi connectivity index (χ4n) is 1.95. The van der Waals surface area contributed by atoms with Gasteiger partial charge in [-0.05, 0) is 59.5 Å². The Labute approximate surface area is 127 Å². The van der Waals surface area contributed by atoms with Gasteiger partial charge in [-0.3, -0.25) is 0 Å². The molecular formula is C16H17BrN2O. The maximum atomic E-state index is 5.84. The Bertz CT molecular complexity index is 611. The van der Waals surface area contributed by atoms with Crippen LogP contribution < -0.4 is 10.1 Å². The quantitative estimate of drug-likeness (QED) is 0.891. The van der Waals surface area contributed by atoms with Crippen molar-refractivity contribution in [1.82, 2.24) is 10.3 Å². The highest BCUT2D eigenvalue weighted by Gasteiger charge is 2.20. The van der Waals surface area contributed by atoms with Crippen LogP contribution in [-0.4, -0.2) is 11.0 Å². The minimum Gasteiger partial charge on any atom is -0.438 e. The van der Waals surface area contributed by atoms with E-state index in [4.69, 9.17) is 4.74 Å². The van der Waals surface area contributed by atoms with Crippen molar-refractivity contribution < 1.29 is 4.74 Å². The van der Waals surface area contributed by atoms with Gasteiger partial charge in [0.25, 0.3) is 0 Å². The molecular weight excluding hydrogens is 316 g/mol. The number of hydrogen-bond donors (Lipinski definition) is 1. The molecule has 3 nitrogen and oxygen atoms in total. The fourth-order valence-corrected chi connectivity index (χ4v) is 2.52. The Morgan fingerprint density at radius 1 is 1.30 bits per heavy atom. The molecule has 20 heavy (non-hydrogen) atoms. The Hall–Kier alpha value is -1.39. The highest BCUT2D eigenvalue weighted by molar-refractivity contribution is 9.10. The van der Waals surface area contributed by atoms with Crippen molar-refractivity contribution in [3.8, 4) is 11.6 Å². The minimum atomic E-state index is 0.629. The van der Waals surface area contributed by atoms with Gasteiger partial charge < -0.3 is 10.1 Å². The molecule has 0 atom stereocenters. The third-order valence-corrected chi connectivity index (χ3v) is 3.85. The molecule has 0 aliphatic heterocycles. The number of aryl methyl sites for hydroxylation is 1. The number of nitrogens with zero attached hydrogens (tertiary/aromatic N) is 1. The van der Waals surface area contributed by atoms with Crippen molar-refractivity contribution in [2.75, 3.05) is 0 Å². The van der Waals surface area contributed by atoms with E-state index in [1.54, 1.807) is 0 Å². The summed E-state index contributed by atoms with van der Waals surface area (Å²) in [6.07, 6.45) is 2.57. The predicted molar refractivity (Wildman–Crippen MR) is 83.1 cm³/mol. The van der Waals surface area contributed by atoms with E-state index in [1.807, 2.05) is 36.4 Å². The summed E-state index contributed by atoms with van der Waals surface area (Å²) in [5.41, 5.74) is 2.21. The molecule has 3 rings (SSSR count). The first kappa shape index (κ1) is 13.6. The summed E-state index contributed by atoms with van der Waals surface area (Å²) in [6, 6.07) is 12.6. The van der Waals surface area contributed by atoms with Crippen LogP contribution in [0, 0.1) is 6.92 Å². The molecule has 1 aromatic heterocycles. The fraction of sp³-hybridized carbons (Fsp3) is 0.312. The zero-order chi connectivity index (χ0) is 13.9. The standard InChI is InChI=1S/C16H17BrN2O/c1-11-5-8-15(14(17)9-11)20-16-4-2-3-13(19-16)10-18-12-6-7-12/h2-5,8-9,12,18H,6-7,10H2,1H3. The van der Waals surface area contributed by atoms with Gasteiger partial charge in [0, 0.05) is 18.7 Å². The van der Waals surface area contributed by atoms with Gasteiger partial charge in [0.15, 0.2) is 0 Å². The van der Waals surface area contributed by atoms with Crippen molar-refractivity contribution in [1.29, 1.82) is 0 Å². The highest BCUT2D eigenvalue weighted by atomic mass is 79.9. The molecule has 0 radical (unpaired) electrons. The first-order valence-corrected chi connectivity index (χ1v) is 7.63. The van der Waals surface area contributed by atoms with Gasteiger partial charge in [0.05, 0.1) is 10.2 Å².